The molecule has 0 atom stereocenters. The Bertz CT molecular complexity index is 860. The summed E-state index contributed by atoms with van der Waals surface area (Å²) in [5.74, 6) is 0.549. The van der Waals surface area contributed by atoms with Gasteiger partial charge in [-0.2, -0.15) is 4.98 Å². The third-order valence-corrected chi connectivity index (χ3v) is 2.99. The number of fused-ring (bicyclic) bond motifs is 1. The Hall–Kier alpha value is -2.86. The minimum Gasteiger partial charge on any atom is -0.437 e. The maximum atomic E-state index is 11.3. The van der Waals surface area contributed by atoms with E-state index in [1.54, 1.807) is 35.0 Å². The Morgan fingerprint density at radius 3 is 3.05 bits per heavy atom. The summed E-state index contributed by atoms with van der Waals surface area (Å²) in [6, 6.07) is 10.6. The minimum atomic E-state index is -0.295. The van der Waals surface area contributed by atoms with Gasteiger partial charge in [-0.3, -0.25) is 4.79 Å². The lowest BCUT2D eigenvalue weighted by molar-refractivity contribution is -0.111. The summed E-state index contributed by atoms with van der Waals surface area (Å²) in [5, 5.41) is 6.77. The molecule has 7 heteroatoms. The summed E-state index contributed by atoms with van der Waals surface area (Å²) in [4.78, 5) is 15.4. The number of hydrogen-bond donors (Lipinski definition) is 1. The van der Waals surface area contributed by atoms with Crippen molar-refractivity contribution in [2.24, 2.45) is 0 Å². The molecule has 0 aliphatic carbocycles. The van der Waals surface area contributed by atoms with E-state index >= 15 is 0 Å². The lowest BCUT2D eigenvalue weighted by Gasteiger charge is -2.08. The molecule has 0 bridgehead atoms. The normalized spacial score (nSPS) is 10.4. The van der Waals surface area contributed by atoms with Gasteiger partial charge in [0.1, 0.15) is 11.3 Å². The van der Waals surface area contributed by atoms with Crippen molar-refractivity contribution in [2.45, 2.75) is 0 Å². The van der Waals surface area contributed by atoms with Gasteiger partial charge in [-0.05, 0) is 41.9 Å². The monoisotopic (exact) mass is 314 g/mol. The van der Waals surface area contributed by atoms with Gasteiger partial charge in [0.2, 0.25) is 17.1 Å². The second-order valence-electron chi connectivity index (χ2n) is 4.35. The van der Waals surface area contributed by atoms with Crippen LogP contribution in [-0.2, 0) is 4.79 Å². The smallest absolute Gasteiger partial charge is 0.248 e. The van der Waals surface area contributed by atoms with Gasteiger partial charge in [0, 0.05) is 18.0 Å². The molecule has 0 radical (unpaired) electrons. The van der Waals surface area contributed by atoms with E-state index in [-0.39, 0.29) is 11.2 Å². The molecule has 0 aliphatic rings. The fourth-order valence-electron chi connectivity index (χ4n) is 1.90. The third kappa shape index (κ3) is 2.91. The summed E-state index contributed by atoms with van der Waals surface area (Å²) in [6.45, 7) is 3.41. The van der Waals surface area contributed by atoms with Gasteiger partial charge in [-0.15, -0.1) is 5.10 Å². The standard InChI is InChI=1S/C15H11ClN4O2/c1-2-13(21)17-10-5-3-6-11(9-10)22-14-12-7-4-8-20(12)19-15(16)18-14/h2-9H,1H2,(H,17,21). The number of ether oxygens (including phenoxy) is 1. The molecule has 6 nitrogen and oxygen atoms in total. The van der Waals surface area contributed by atoms with Gasteiger partial charge in [-0.25, -0.2) is 4.52 Å². The molecule has 0 aliphatic heterocycles. The molecule has 22 heavy (non-hydrogen) atoms. The number of nitrogens with one attached hydrogen (secondary N) is 1. The summed E-state index contributed by atoms with van der Waals surface area (Å²) in [6.07, 6.45) is 2.94. The second kappa shape index (κ2) is 5.87. The first kappa shape index (κ1) is 14.1. The lowest BCUT2D eigenvalue weighted by atomic mass is 10.3. The Labute approximate surface area is 131 Å². The van der Waals surface area contributed by atoms with Gasteiger partial charge in [-0.1, -0.05) is 12.6 Å². The lowest BCUT2D eigenvalue weighted by Crippen LogP contribution is -2.07. The molecule has 0 unspecified atom stereocenters. The van der Waals surface area contributed by atoms with E-state index in [1.165, 1.54) is 6.08 Å². The Balaban J connectivity index is 1.91. The zero-order valence-electron chi connectivity index (χ0n) is 11.4. The van der Waals surface area contributed by atoms with E-state index in [2.05, 4.69) is 22.0 Å². The molecular formula is C15H11ClN4O2. The van der Waals surface area contributed by atoms with Crippen LogP contribution < -0.4 is 10.1 Å². The van der Waals surface area contributed by atoms with Crippen LogP contribution in [0.2, 0.25) is 5.28 Å². The first-order valence-corrected chi connectivity index (χ1v) is 6.76. The summed E-state index contributed by atoms with van der Waals surface area (Å²) in [7, 11) is 0. The molecule has 1 amide bonds. The Morgan fingerprint density at radius 2 is 2.23 bits per heavy atom. The van der Waals surface area contributed by atoms with Crippen LogP contribution in [-0.4, -0.2) is 20.5 Å². The second-order valence-corrected chi connectivity index (χ2v) is 4.69. The minimum absolute atomic E-state index is 0.0785. The number of nitrogens with zero attached hydrogens (tertiary/aromatic N) is 3. The van der Waals surface area contributed by atoms with Gasteiger partial charge >= 0.3 is 0 Å². The summed E-state index contributed by atoms with van der Waals surface area (Å²) < 4.78 is 7.33. The molecule has 3 rings (SSSR count). The summed E-state index contributed by atoms with van der Waals surface area (Å²) >= 11 is 5.87. The van der Waals surface area contributed by atoms with Crippen LogP contribution in [0.25, 0.3) is 5.52 Å². The Morgan fingerprint density at radius 1 is 1.36 bits per heavy atom. The molecule has 0 saturated carbocycles. The molecule has 1 N–H and O–H groups in total. The van der Waals surface area contributed by atoms with E-state index < -0.39 is 0 Å². The van der Waals surface area contributed by atoms with Crippen LogP contribution in [0.4, 0.5) is 5.69 Å². The highest BCUT2D eigenvalue weighted by atomic mass is 35.5. The van der Waals surface area contributed by atoms with Crippen molar-refractivity contribution in [3.8, 4) is 11.6 Å². The molecule has 0 spiro atoms. The highest BCUT2D eigenvalue weighted by Crippen LogP contribution is 2.27. The number of benzene rings is 1. The van der Waals surface area contributed by atoms with E-state index in [4.69, 9.17) is 16.3 Å². The van der Waals surface area contributed by atoms with Crippen molar-refractivity contribution in [3.63, 3.8) is 0 Å². The fourth-order valence-corrected chi connectivity index (χ4v) is 2.06. The van der Waals surface area contributed by atoms with Gasteiger partial charge in [0.05, 0.1) is 0 Å². The van der Waals surface area contributed by atoms with Crippen molar-refractivity contribution in [2.75, 3.05) is 5.32 Å². The predicted molar refractivity (Wildman–Crippen MR) is 83.3 cm³/mol. The SMILES string of the molecule is C=CC(=O)Nc1cccc(Oc2nc(Cl)nn3cccc23)c1. The number of aromatic nitrogens is 3. The maximum absolute atomic E-state index is 11.3. The van der Waals surface area contributed by atoms with Crippen LogP contribution in [0.15, 0.2) is 55.3 Å². The van der Waals surface area contributed by atoms with Crippen LogP contribution in [0, 0.1) is 0 Å². The zero-order chi connectivity index (χ0) is 15.5. The zero-order valence-corrected chi connectivity index (χ0v) is 12.1. The van der Waals surface area contributed by atoms with Gasteiger partial charge < -0.3 is 10.1 Å². The van der Waals surface area contributed by atoms with E-state index in [1.807, 2.05) is 12.1 Å². The predicted octanol–water partition coefficient (Wildman–Crippen LogP) is 3.30. The summed E-state index contributed by atoms with van der Waals surface area (Å²) in [5.41, 5.74) is 1.28. The van der Waals surface area contributed by atoms with Gasteiger partial charge in [0.25, 0.3) is 0 Å². The highest BCUT2D eigenvalue weighted by molar-refractivity contribution is 6.28. The molecular weight excluding hydrogens is 304 g/mol. The number of hydrogen-bond acceptors (Lipinski definition) is 4. The molecule has 2 aromatic heterocycles. The van der Waals surface area contributed by atoms with Crippen LogP contribution in [0.3, 0.4) is 0 Å². The maximum Gasteiger partial charge on any atom is 0.248 e. The highest BCUT2D eigenvalue weighted by Gasteiger charge is 2.09. The van der Waals surface area contributed by atoms with E-state index in [9.17, 15) is 4.79 Å². The van der Waals surface area contributed by atoms with Crippen molar-refractivity contribution < 1.29 is 9.53 Å². The van der Waals surface area contributed by atoms with Crippen LogP contribution >= 0.6 is 11.6 Å². The molecule has 0 saturated heterocycles. The largest absolute Gasteiger partial charge is 0.437 e. The number of halogens is 1. The van der Waals surface area contributed by atoms with Crippen molar-refractivity contribution in [3.05, 3.63) is 60.5 Å². The van der Waals surface area contributed by atoms with Crippen molar-refractivity contribution in [1.82, 2.24) is 14.6 Å². The average molecular weight is 315 g/mol. The van der Waals surface area contributed by atoms with Crippen molar-refractivity contribution >= 4 is 28.7 Å². The Kier molecular flexibility index (Phi) is 3.76. The topological polar surface area (TPSA) is 68.5 Å². The van der Waals surface area contributed by atoms with Crippen molar-refractivity contribution in [1.29, 1.82) is 0 Å². The first-order chi connectivity index (χ1) is 10.7. The molecule has 110 valence electrons. The van der Waals surface area contributed by atoms with Gasteiger partial charge in [0.15, 0.2) is 0 Å². The molecule has 2 heterocycles. The number of carbonyl (C=O) groups excluding carboxylic acids is 1. The fraction of sp³-hybridized carbons (Fsp3) is 0. The van der Waals surface area contributed by atoms with E-state index in [0.717, 1.165) is 0 Å². The number of carbonyl (C=O) groups is 1. The van der Waals surface area contributed by atoms with Crippen LogP contribution in [0.5, 0.6) is 11.6 Å². The first-order valence-electron chi connectivity index (χ1n) is 6.38. The third-order valence-electron chi connectivity index (χ3n) is 2.83. The van der Waals surface area contributed by atoms with E-state index in [0.29, 0.717) is 22.8 Å². The molecule has 0 fully saturated rings. The number of rotatable bonds is 4. The number of anilines is 1. The number of amides is 1. The average Bonchev–Trinajstić information content (AvgIpc) is 2.95. The molecule has 3 aromatic rings. The quantitative estimate of drug-likeness (QED) is 0.750. The van der Waals surface area contributed by atoms with Crippen LogP contribution in [0.1, 0.15) is 0 Å². The molecule has 1 aromatic carbocycles.